The van der Waals surface area contributed by atoms with E-state index < -0.39 is 15.9 Å². The maximum absolute atomic E-state index is 13.5. The van der Waals surface area contributed by atoms with E-state index in [-0.39, 0.29) is 17.5 Å². The molecule has 0 spiro atoms. The van der Waals surface area contributed by atoms with Gasteiger partial charge in [0.1, 0.15) is 12.3 Å². The molecule has 0 bridgehead atoms. The third kappa shape index (κ3) is 6.17. The average molecular weight is 481 g/mol. The van der Waals surface area contributed by atoms with Crippen LogP contribution in [0.15, 0.2) is 83.8 Å². The number of sulfonamides is 1. The van der Waals surface area contributed by atoms with E-state index in [9.17, 15) is 13.2 Å². The van der Waals surface area contributed by atoms with Crippen LogP contribution >= 0.6 is 0 Å². The topological polar surface area (TPSA) is 75.7 Å². The van der Waals surface area contributed by atoms with Gasteiger partial charge in [0.15, 0.2) is 0 Å². The first-order valence-corrected chi connectivity index (χ1v) is 12.9. The Morgan fingerprint density at radius 2 is 1.47 bits per heavy atom. The number of amides is 1. The number of benzene rings is 3. The fourth-order valence-corrected chi connectivity index (χ4v) is 5.02. The van der Waals surface area contributed by atoms with Crippen molar-refractivity contribution in [2.75, 3.05) is 17.5 Å². The van der Waals surface area contributed by atoms with Crippen LogP contribution in [0.5, 0.6) is 5.75 Å². The molecule has 3 aromatic rings. The Morgan fingerprint density at radius 1 is 0.882 bits per heavy atom. The van der Waals surface area contributed by atoms with Gasteiger partial charge >= 0.3 is 0 Å². The van der Waals surface area contributed by atoms with Crippen molar-refractivity contribution in [3.63, 3.8) is 0 Å². The van der Waals surface area contributed by atoms with Crippen LogP contribution < -0.4 is 14.4 Å². The van der Waals surface area contributed by atoms with Crippen molar-refractivity contribution in [2.24, 2.45) is 0 Å². The van der Waals surface area contributed by atoms with E-state index in [1.807, 2.05) is 50.2 Å². The molecule has 3 rings (SSSR count). The highest BCUT2D eigenvalue weighted by Crippen LogP contribution is 2.26. The average Bonchev–Trinajstić information content (AvgIpc) is 2.83. The van der Waals surface area contributed by atoms with Crippen molar-refractivity contribution in [1.29, 1.82) is 0 Å². The molecule has 34 heavy (non-hydrogen) atoms. The lowest BCUT2D eigenvalue weighted by Gasteiger charge is -2.25. The van der Waals surface area contributed by atoms with Crippen LogP contribution in [0.25, 0.3) is 0 Å². The summed E-state index contributed by atoms with van der Waals surface area (Å²) in [5.74, 6) is 0.676. The number of nitrogens with zero attached hydrogens (tertiary/aromatic N) is 1. The van der Waals surface area contributed by atoms with Gasteiger partial charge in [0.05, 0.1) is 23.2 Å². The molecule has 0 aliphatic rings. The van der Waals surface area contributed by atoms with E-state index in [1.54, 1.807) is 30.3 Å². The second-order valence-electron chi connectivity index (χ2n) is 8.36. The summed E-state index contributed by atoms with van der Waals surface area (Å²) >= 11 is 0. The molecular weight excluding hydrogens is 448 g/mol. The van der Waals surface area contributed by atoms with Gasteiger partial charge in [0.25, 0.3) is 10.0 Å². The first kappa shape index (κ1) is 25.3. The normalized spacial score (nSPS) is 12.3. The zero-order valence-electron chi connectivity index (χ0n) is 20.1. The van der Waals surface area contributed by atoms with Gasteiger partial charge in [-0.3, -0.25) is 9.10 Å². The predicted octanol–water partition coefficient (Wildman–Crippen LogP) is 5.28. The predicted molar refractivity (Wildman–Crippen MR) is 136 cm³/mol. The second kappa shape index (κ2) is 11.2. The summed E-state index contributed by atoms with van der Waals surface area (Å²) in [5.41, 5.74) is 2.43. The van der Waals surface area contributed by atoms with Gasteiger partial charge in [0.2, 0.25) is 5.91 Å². The summed E-state index contributed by atoms with van der Waals surface area (Å²) in [4.78, 5) is 13.1. The maximum Gasteiger partial charge on any atom is 0.264 e. The smallest absolute Gasteiger partial charge is 0.264 e. The third-order valence-corrected chi connectivity index (χ3v) is 7.32. The SMILES string of the molecule is CCOc1ccc([C@@H](C)NC(=O)CN(c2ccc(C(C)C)cc2)S(=O)(=O)c2ccccc2)cc1. The molecule has 7 heteroatoms. The molecular formula is C27H32N2O4S. The zero-order valence-corrected chi connectivity index (χ0v) is 20.9. The number of carbonyl (C=O) groups excluding carboxylic acids is 1. The van der Waals surface area contributed by atoms with Crippen molar-refractivity contribution in [2.45, 2.75) is 44.6 Å². The van der Waals surface area contributed by atoms with E-state index in [0.717, 1.165) is 21.2 Å². The van der Waals surface area contributed by atoms with Crippen molar-refractivity contribution < 1.29 is 17.9 Å². The fourth-order valence-electron chi connectivity index (χ4n) is 3.58. The molecule has 0 aliphatic carbocycles. The Balaban J connectivity index is 1.84. The van der Waals surface area contributed by atoms with Crippen molar-refractivity contribution >= 4 is 21.6 Å². The standard InChI is InChI=1S/C27H32N2O4S/c1-5-33-25-17-13-23(14-18-25)21(4)28-27(30)19-29(24-15-11-22(12-16-24)20(2)3)34(31,32)26-9-7-6-8-10-26/h6-18,20-21H,5,19H2,1-4H3,(H,28,30)/t21-/m1/s1. The Morgan fingerprint density at radius 3 is 2.03 bits per heavy atom. The maximum atomic E-state index is 13.5. The van der Waals surface area contributed by atoms with Gasteiger partial charge in [-0.05, 0) is 67.3 Å². The van der Waals surface area contributed by atoms with Crippen LogP contribution in [-0.4, -0.2) is 27.5 Å². The number of rotatable bonds is 10. The Hall–Kier alpha value is -3.32. The molecule has 1 atom stereocenters. The van der Waals surface area contributed by atoms with E-state index in [2.05, 4.69) is 19.2 Å². The highest BCUT2D eigenvalue weighted by molar-refractivity contribution is 7.92. The molecule has 0 unspecified atom stereocenters. The quantitative estimate of drug-likeness (QED) is 0.428. The van der Waals surface area contributed by atoms with Gasteiger partial charge in [-0.1, -0.05) is 56.3 Å². The molecule has 0 saturated heterocycles. The number of ether oxygens (including phenoxy) is 1. The molecule has 3 aromatic carbocycles. The Bertz CT molecular complexity index is 1180. The summed E-state index contributed by atoms with van der Waals surface area (Å²) in [5, 5.41) is 2.92. The molecule has 0 fully saturated rings. The first-order chi connectivity index (χ1) is 16.2. The zero-order chi connectivity index (χ0) is 24.7. The van der Waals surface area contributed by atoms with Crippen LogP contribution in [0.3, 0.4) is 0 Å². The van der Waals surface area contributed by atoms with Gasteiger partial charge < -0.3 is 10.1 Å². The van der Waals surface area contributed by atoms with Crippen molar-refractivity contribution in [3.05, 3.63) is 90.0 Å². The van der Waals surface area contributed by atoms with Crippen LogP contribution in [0.1, 0.15) is 50.8 Å². The van der Waals surface area contributed by atoms with Crippen molar-refractivity contribution in [1.82, 2.24) is 5.32 Å². The summed E-state index contributed by atoms with van der Waals surface area (Å²) < 4.78 is 33.6. The first-order valence-electron chi connectivity index (χ1n) is 11.4. The summed E-state index contributed by atoms with van der Waals surface area (Å²) in [6, 6.07) is 22.6. The molecule has 180 valence electrons. The number of hydrogen-bond acceptors (Lipinski definition) is 4. The van der Waals surface area contributed by atoms with E-state index in [1.165, 1.54) is 12.1 Å². The van der Waals surface area contributed by atoms with Crippen LogP contribution in [-0.2, 0) is 14.8 Å². The van der Waals surface area contributed by atoms with Crippen LogP contribution in [0.2, 0.25) is 0 Å². The highest BCUT2D eigenvalue weighted by atomic mass is 32.2. The van der Waals surface area contributed by atoms with E-state index in [4.69, 9.17) is 4.74 Å². The van der Waals surface area contributed by atoms with E-state index >= 15 is 0 Å². The van der Waals surface area contributed by atoms with Crippen molar-refractivity contribution in [3.8, 4) is 5.75 Å². The lowest BCUT2D eigenvalue weighted by atomic mass is 10.0. The number of carbonyl (C=O) groups is 1. The molecule has 0 aliphatic heterocycles. The number of nitrogens with one attached hydrogen (secondary N) is 1. The van der Waals surface area contributed by atoms with Crippen LogP contribution in [0, 0.1) is 0 Å². The van der Waals surface area contributed by atoms with Gasteiger partial charge in [-0.2, -0.15) is 0 Å². The Kier molecular flexibility index (Phi) is 8.34. The molecule has 6 nitrogen and oxygen atoms in total. The largest absolute Gasteiger partial charge is 0.494 e. The summed E-state index contributed by atoms with van der Waals surface area (Å²) in [6.07, 6.45) is 0. The van der Waals surface area contributed by atoms with E-state index in [0.29, 0.717) is 18.2 Å². The fraction of sp³-hybridized carbons (Fsp3) is 0.296. The molecule has 0 aromatic heterocycles. The lowest BCUT2D eigenvalue weighted by Crippen LogP contribution is -2.41. The molecule has 1 amide bonds. The van der Waals surface area contributed by atoms with Gasteiger partial charge in [-0.15, -0.1) is 0 Å². The minimum absolute atomic E-state index is 0.135. The second-order valence-corrected chi connectivity index (χ2v) is 10.2. The minimum Gasteiger partial charge on any atom is -0.494 e. The Labute approximate surface area is 202 Å². The summed E-state index contributed by atoms with van der Waals surface area (Å²) in [6.45, 7) is 8.17. The van der Waals surface area contributed by atoms with Gasteiger partial charge in [0, 0.05) is 0 Å². The van der Waals surface area contributed by atoms with Gasteiger partial charge in [-0.25, -0.2) is 8.42 Å². The molecule has 0 saturated carbocycles. The molecule has 0 heterocycles. The number of hydrogen-bond donors (Lipinski definition) is 1. The monoisotopic (exact) mass is 480 g/mol. The third-order valence-electron chi connectivity index (χ3n) is 5.53. The lowest BCUT2D eigenvalue weighted by molar-refractivity contribution is -0.120. The number of anilines is 1. The molecule has 0 radical (unpaired) electrons. The summed E-state index contributed by atoms with van der Waals surface area (Å²) in [7, 11) is -3.94. The van der Waals surface area contributed by atoms with Crippen LogP contribution in [0.4, 0.5) is 5.69 Å². The highest BCUT2D eigenvalue weighted by Gasteiger charge is 2.27. The minimum atomic E-state index is -3.94. The molecule has 1 N–H and O–H groups in total.